The molecule has 1 saturated carbocycles. The van der Waals surface area contributed by atoms with Gasteiger partial charge in [0.05, 0.1) is 0 Å². The van der Waals surface area contributed by atoms with E-state index in [0.717, 1.165) is 37.7 Å². The van der Waals surface area contributed by atoms with E-state index < -0.39 is 6.04 Å². The molecule has 3 rings (SSSR count). The highest BCUT2D eigenvalue weighted by Crippen LogP contribution is 2.19. The lowest BCUT2D eigenvalue weighted by molar-refractivity contribution is -0.143. The topological polar surface area (TPSA) is 58.6 Å². The molecular weight excluding hydrogens is 400 g/mol. The summed E-state index contributed by atoms with van der Waals surface area (Å²) in [6.45, 7) is 4.35. The van der Waals surface area contributed by atoms with Gasteiger partial charge in [0.15, 0.2) is 6.61 Å². The van der Waals surface area contributed by atoms with Crippen molar-refractivity contribution in [1.29, 1.82) is 0 Å². The number of carbonyl (C=O) groups is 2. The first kappa shape index (κ1) is 23.8. The van der Waals surface area contributed by atoms with Crippen molar-refractivity contribution < 1.29 is 14.3 Å². The normalized spacial score (nSPS) is 15.1. The number of nitrogens with zero attached hydrogens (tertiary/aromatic N) is 1. The quantitative estimate of drug-likeness (QED) is 0.577. The molecule has 0 aromatic heterocycles. The average molecular weight is 437 g/mol. The predicted molar refractivity (Wildman–Crippen MR) is 127 cm³/mol. The molecule has 0 spiro atoms. The molecule has 1 aliphatic carbocycles. The van der Waals surface area contributed by atoms with E-state index >= 15 is 0 Å². The van der Waals surface area contributed by atoms with Crippen molar-refractivity contribution in [3.63, 3.8) is 0 Å². The van der Waals surface area contributed by atoms with Gasteiger partial charge in [0.25, 0.3) is 5.91 Å². The second kappa shape index (κ2) is 12.3. The number of nitrogens with one attached hydrogen (secondary N) is 1. The van der Waals surface area contributed by atoms with E-state index in [2.05, 4.69) is 12.2 Å². The Balaban J connectivity index is 1.71. The molecule has 172 valence electrons. The van der Waals surface area contributed by atoms with Gasteiger partial charge in [-0.15, -0.1) is 0 Å². The average Bonchev–Trinajstić information content (AvgIpc) is 2.84. The van der Waals surface area contributed by atoms with Crippen LogP contribution in [-0.4, -0.2) is 35.4 Å². The zero-order valence-electron chi connectivity index (χ0n) is 19.4. The molecule has 0 radical (unpaired) electrons. The minimum Gasteiger partial charge on any atom is -0.484 e. The van der Waals surface area contributed by atoms with Gasteiger partial charge in [0.1, 0.15) is 11.8 Å². The van der Waals surface area contributed by atoms with Gasteiger partial charge in [-0.25, -0.2) is 0 Å². The van der Waals surface area contributed by atoms with E-state index in [0.29, 0.717) is 18.7 Å². The molecule has 2 aromatic rings. The summed E-state index contributed by atoms with van der Waals surface area (Å²) >= 11 is 0. The van der Waals surface area contributed by atoms with Crippen molar-refractivity contribution in [3.05, 3.63) is 65.7 Å². The molecule has 0 aliphatic heterocycles. The number of ether oxygens (including phenoxy) is 1. The molecular formula is C27H36N2O3. The van der Waals surface area contributed by atoms with E-state index in [-0.39, 0.29) is 24.5 Å². The first-order valence-electron chi connectivity index (χ1n) is 12.0. The first-order chi connectivity index (χ1) is 15.6. The summed E-state index contributed by atoms with van der Waals surface area (Å²) in [4.78, 5) is 28.1. The molecule has 0 bridgehead atoms. The molecule has 2 aromatic carbocycles. The Labute approximate surface area is 192 Å². The van der Waals surface area contributed by atoms with Crippen molar-refractivity contribution >= 4 is 11.8 Å². The molecule has 0 unspecified atom stereocenters. The maximum absolute atomic E-state index is 13.3. The second-order valence-electron chi connectivity index (χ2n) is 8.56. The van der Waals surface area contributed by atoms with Crippen LogP contribution in [0.1, 0.15) is 63.5 Å². The molecule has 1 atom stereocenters. The lowest BCUT2D eigenvalue weighted by Gasteiger charge is -2.32. The Morgan fingerprint density at radius 1 is 0.969 bits per heavy atom. The fraction of sp³-hybridized carbons (Fsp3) is 0.481. The van der Waals surface area contributed by atoms with Crippen molar-refractivity contribution in [2.75, 3.05) is 6.61 Å². The maximum atomic E-state index is 13.3. The van der Waals surface area contributed by atoms with Gasteiger partial charge in [-0.05, 0) is 48.9 Å². The van der Waals surface area contributed by atoms with Gasteiger partial charge in [0, 0.05) is 12.6 Å². The highest BCUT2D eigenvalue weighted by molar-refractivity contribution is 5.88. The number of benzene rings is 2. The lowest BCUT2D eigenvalue weighted by Crippen LogP contribution is -2.52. The van der Waals surface area contributed by atoms with E-state index in [1.54, 1.807) is 4.90 Å². The number of amides is 2. The summed E-state index contributed by atoms with van der Waals surface area (Å²) in [5, 5.41) is 3.20. The largest absolute Gasteiger partial charge is 0.484 e. The van der Waals surface area contributed by atoms with Crippen molar-refractivity contribution in [2.45, 2.75) is 77.4 Å². The zero-order chi connectivity index (χ0) is 22.8. The van der Waals surface area contributed by atoms with Gasteiger partial charge in [0.2, 0.25) is 5.91 Å². The van der Waals surface area contributed by atoms with Crippen LogP contribution in [-0.2, 0) is 22.6 Å². The van der Waals surface area contributed by atoms with Crippen LogP contribution >= 0.6 is 0 Å². The summed E-state index contributed by atoms with van der Waals surface area (Å²) < 4.78 is 5.79. The Hall–Kier alpha value is -2.82. The molecule has 0 heterocycles. The van der Waals surface area contributed by atoms with E-state index in [1.807, 2.05) is 61.5 Å². The van der Waals surface area contributed by atoms with Gasteiger partial charge in [-0.3, -0.25) is 9.59 Å². The van der Waals surface area contributed by atoms with E-state index in [9.17, 15) is 9.59 Å². The van der Waals surface area contributed by atoms with Gasteiger partial charge in [-0.1, -0.05) is 75.6 Å². The predicted octanol–water partition coefficient (Wildman–Crippen LogP) is 4.88. The fourth-order valence-corrected chi connectivity index (χ4v) is 4.29. The van der Waals surface area contributed by atoms with Crippen molar-refractivity contribution in [3.8, 4) is 5.75 Å². The summed E-state index contributed by atoms with van der Waals surface area (Å²) in [5.41, 5.74) is 2.22. The summed E-state index contributed by atoms with van der Waals surface area (Å²) in [5.74, 6) is 0.421. The van der Waals surface area contributed by atoms with Crippen LogP contribution in [0.5, 0.6) is 5.75 Å². The third-order valence-electron chi connectivity index (χ3n) is 6.23. The van der Waals surface area contributed by atoms with Crippen LogP contribution in [0.25, 0.3) is 0 Å². The Kier molecular flexibility index (Phi) is 9.14. The van der Waals surface area contributed by atoms with Gasteiger partial charge >= 0.3 is 0 Å². The third-order valence-corrected chi connectivity index (χ3v) is 6.23. The van der Waals surface area contributed by atoms with Crippen LogP contribution in [0.2, 0.25) is 0 Å². The third kappa shape index (κ3) is 6.84. The van der Waals surface area contributed by atoms with Gasteiger partial charge in [-0.2, -0.15) is 0 Å². The number of aryl methyl sites for hydroxylation is 1. The van der Waals surface area contributed by atoms with E-state index in [4.69, 9.17) is 4.74 Å². The van der Waals surface area contributed by atoms with Crippen LogP contribution in [0, 0.1) is 0 Å². The highest BCUT2D eigenvalue weighted by atomic mass is 16.5. The standard InChI is InChI=1S/C27H36N2O3/c1-3-21-15-17-24(18-16-21)32-20-26(30)29(19-22-11-7-5-8-12-22)25(4-2)27(31)28-23-13-9-6-10-14-23/h5,7-8,11-12,15-18,23,25H,3-4,6,9-10,13-14,19-20H2,1-2H3,(H,28,31)/t25-/m0/s1. The molecule has 0 saturated heterocycles. The summed E-state index contributed by atoms with van der Waals surface area (Å²) in [6, 6.07) is 17.3. The highest BCUT2D eigenvalue weighted by Gasteiger charge is 2.30. The molecule has 2 amide bonds. The molecule has 5 nitrogen and oxygen atoms in total. The maximum Gasteiger partial charge on any atom is 0.261 e. The van der Waals surface area contributed by atoms with Gasteiger partial charge < -0.3 is 15.0 Å². The Morgan fingerprint density at radius 3 is 2.28 bits per heavy atom. The lowest BCUT2D eigenvalue weighted by atomic mass is 9.95. The number of hydrogen-bond donors (Lipinski definition) is 1. The molecule has 5 heteroatoms. The minimum absolute atomic E-state index is 0.0593. The first-order valence-corrected chi connectivity index (χ1v) is 12.0. The van der Waals surface area contributed by atoms with Crippen LogP contribution in [0.4, 0.5) is 0 Å². The SMILES string of the molecule is CCc1ccc(OCC(=O)N(Cc2ccccc2)[C@@H](CC)C(=O)NC2CCCCC2)cc1. The Morgan fingerprint density at radius 2 is 1.66 bits per heavy atom. The van der Waals surface area contributed by atoms with Crippen LogP contribution in [0.15, 0.2) is 54.6 Å². The Bertz CT molecular complexity index is 845. The second-order valence-corrected chi connectivity index (χ2v) is 8.56. The fourth-order valence-electron chi connectivity index (χ4n) is 4.29. The number of rotatable bonds is 10. The van der Waals surface area contributed by atoms with Crippen molar-refractivity contribution in [2.24, 2.45) is 0 Å². The molecule has 1 N–H and O–H groups in total. The summed E-state index contributed by atoms with van der Waals surface area (Å²) in [6.07, 6.45) is 7.09. The van der Waals surface area contributed by atoms with Crippen molar-refractivity contribution in [1.82, 2.24) is 10.2 Å². The smallest absolute Gasteiger partial charge is 0.261 e. The molecule has 1 fully saturated rings. The molecule has 1 aliphatic rings. The number of hydrogen-bond acceptors (Lipinski definition) is 3. The van der Waals surface area contributed by atoms with Crippen LogP contribution < -0.4 is 10.1 Å². The summed E-state index contributed by atoms with van der Waals surface area (Å²) in [7, 11) is 0. The van der Waals surface area contributed by atoms with Crippen LogP contribution in [0.3, 0.4) is 0 Å². The molecule has 32 heavy (non-hydrogen) atoms. The number of carbonyl (C=O) groups excluding carboxylic acids is 2. The van der Waals surface area contributed by atoms with E-state index in [1.165, 1.54) is 12.0 Å². The zero-order valence-corrected chi connectivity index (χ0v) is 19.4. The minimum atomic E-state index is -0.518. The monoisotopic (exact) mass is 436 g/mol.